The summed E-state index contributed by atoms with van der Waals surface area (Å²) in [5.74, 6) is -0.639. The van der Waals surface area contributed by atoms with E-state index in [2.05, 4.69) is 23.7 Å². The first-order valence-corrected chi connectivity index (χ1v) is 9.59. The lowest BCUT2D eigenvalue weighted by Crippen LogP contribution is -2.38. The number of fused-ring (bicyclic) bond motifs is 1. The van der Waals surface area contributed by atoms with Crippen LogP contribution in [0.5, 0.6) is 0 Å². The number of carbonyl (C=O) groups excluding carboxylic acids is 1. The topological polar surface area (TPSA) is 36.4 Å². The van der Waals surface area contributed by atoms with Crippen LogP contribution in [0.1, 0.15) is 24.2 Å². The number of benzene rings is 2. The molecule has 0 atom stereocenters. The first-order chi connectivity index (χ1) is 12.6. The number of likely N-dealkylation sites (N-methyl/N-ethyl adjacent to an activating group) is 1. The average Bonchev–Trinajstić information content (AvgIpc) is 3.08. The summed E-state index contributed by atoms with van der Waals surface area (Å²) in [7, 11) is 0. The molecule has 3 aromatic rings. The van der Waals surface area contributed by atoms with E-state index < -0.39 is 5.82 Å². The first kappa shape index (κ1) is 18.5. The van der Waals surface area contributed by atoms with Gasteiger partial charge in [0.2, 0.25) is 0 Å². The van der Waals surface area contributed by atoms with Gasteiger partial charge in [-0.15, -0.1) is 0 Å². The van der Waals surface area contributed by atoms with Crippen LogP contribution in [0, 0.1) is 5.82 Å². The Bertz CT molecular complexity index is 858. The third-order valence-corrected chi connectivity index (χ3v) is 5.42. The second-order valence-corrected chi connectivity index (χ2v) is 6.97. The second kappa shape index (κ2) is 8.38. The minimum Gasteiger partial charge on any atom is -0.302 e. The molecule has 136 valence electrons. The molecule has 0 saturated carbocycles. The highest BCUT2D eigenvalue weighted by Gasteiger charge is 2.22. The number of anilines is 1. The van der Waals surface area contributed by atoms with Gasteiger partial charge in [0, 0.05) is 18.7 Å². The Hall–Kier alpha value is -2.31. The van der Waals surface area contributed by atoms with Crippen molar-refractivity contribution in [2.24, 2.45) is 0 Å². The molecule has 0 saturated heterocycles. The number of nitrogens with zero attached hydrogens (tertiary/aromatic N) is 3. The van der Waals surface area contributed by atoms with Gasteiger partial charge in [0.15, 0.2) is 5.13 Å². The molecule has 0 aliphatic rings. The fourth-order valence-corrected chi connectivity index (χ4v) is 3.81. The Morgan fingerprint density at radius 3 is 2.54 bits per heavy atom. The van der Waals surface area contributed by atoms with Crippen LogP contribution in [0.25, 0.3) is 10.2 Å². The maximum atomic E-state index is 13.6. The van der Waals surface area contributed by atoms with Crippen LogP contribution in [0.3, 0.4) is 0 Å². The summed E-state index contributed by atoms with van der Waals surface area (Å²) in [6.07, 6.45) is 0. The van der Waals surface area contributed by atoms with Crippen LogP contribution in [-0.4, -0.2) is 42.0 Å². The monoisotopic (exact) mass is 371 g/mol. The zero-order valence-corrected chi connectivity index (χ0v) is 15.8. The van der Waals surface area contributed by atoms with E-state index in [1.165, 1.54) is 23.5 Å². The van der Waals surface area contributed by atoms with Crippen LogP contribution < -0.4 is 4.90 Å². The van der Waals surface area contributed by atoms with E-state index in [1.54, 1.807) is 17.0 Å². The predicted octanol–water partition coefficient (Wildman–Crippen LogP) is 4.42. The molecular formula is C20H22FN3OS. The van der Waals surface area contributed by atoms with Gasteiger partial charge in [-0.25, -0.2) is 9.37 Å². The number of aromatic nitrogens is 1. The summed E-state index contributed by atoms with van der Waals surface area (Å²) >= 11 is 1.48. The molecular weight excluding hydrogens is 349 g/mol. The van der Waals surface area contributed by atoms with E-state index in [-0.39, 0.29) is 5.91 Å². The second-order valence-electron chi connectivity index (χ2n) is 5.96. The highest BCUT2D eigenvalue weighted by Crippen LogP contribution is 2.29. The summed E-state index contributed by atoms with van der Waals surface area (Å²) in [6.45, 7) is 7.28. The number of amides is 1. The molecule has 1 amide bonds. The van der Waals surface area contributed by atoms with Gasteiger partial charge in [0.05, 0.1) is 10.2 Å². The number of rotatable bonds is 7. The molecule has 0 radical (unpaired) electrons. The number of halogens is 1. The number of para-hydroxylation sites is 1. The SMILES string of the molecule is CCN(CC)CCN(C(=O)c1cccc(F)c1)c1nc2ccccc2s1. The van der Waals surface area contributed by atoms with Crippen LogP contribution in [-0.2, 0) is 0 Å². The quantitative estimate of drug-likeness (QED) is 0.617. The molecule has 1 heterocycles. The molecule has 0 bridgehead atoms. The van der Waals surface area contributed by atoms with E-state index >= 15 is 0 Å². The minimum absolute atomic E-state index is 0.226. The Morgan fingerprint density at radius 1 is 1.08 bits per heavy atom. The Kier molecular flexibility index (Phi) is 5.96. The molecule has 4 nitrogen and oxygen atoms in total. The fourth-order valence-electron chi connectivity index (χ4n) is 2.82. The Morgan fingerprint density at radius 2 is 1.85 bits per heavy atom. The van der Waals surface area contributed by atoms with E-state index in [1.807, 2.05) is 24.3 Å². The predicted molar refractivity (Wildman–Crippen MR) is 105 cm³/mol. The van der Waals surface area contributed by atoms with Crippen molar-refractivity contribution in [2.45, 2.75) is 13.8 Å². The molecule has 0 unspecified atom stereocenters. The maximum absolute atomic E-state index is 13.6. The maximum Gasteiger partial charge on any atom is 0.260 e. The fraction of sp³-hybridized carbons (Fsp3) is 0.300. The number of carbonyl (C=O) groups is 1. The standard InChI is InChI=1S/C20H22FN3OS/c1-3-23(4-2)12-13-24(19(25)15-8-7-9-16(21)14-15)20-22-17-10-5-6-11-18(17)26-20/h5-11,14H,3-4,12-13H2,1-2H3. The average molecular weight is 371 g/mol. The Balaban J connectivity index is 1.93. The van der Waals surface area contributed by atoms with Crippen molar-refractivity contribution in [1.82, 2.24) is 9.88 Å². The summed E-state index contributed by atoms with van der Waals surface area (Å²) in [5, 5.41) is 0.646. The highest BCUT2D eigenvalue weighted by atomic mass is 32.1. The van der Waals surface area contributed by atoms with Crippen molar-refractivity contribution in [2.75, 3.05) is 31.1 Å². The molecule has 26 heavy (non-hydrogen) atoms. The van der Waals surface area contributed by atoms with E-state index in [4.69, 9.17) is 0 Å². The van der Waals surface area contributed by atoms with Crippen molar-refractivity contribution in [3.63, 3.8) is 0 Å². The van der Waals surface area contributed by atoms with Crippen LogP contribution >= 0.6 is 11.3 Å². The molecule has 0 aliphatic heterocycles. The van der Waals surface area contributed by atoms with Gasteiger partial charge in [-0.05, 0) is 43.4 Å². The summed E-state index contributed by atoms with van der Waals surface area (Å²) in [4.78, 5) is 21.6. The van der Waals surface area contributed by atoms with Gasteiger partial charge in [-0.2, -0.15) is 0 Å². The lowest BCUT2D eigenvalue weighted by Gasteiger charge is -2.24. The van der Waals surface area contributed by atoms with Gasteiger partial charge < -0.3 is 4.90 Å². The highest BCUT2D eigenvalue weighted by molar-refractivity contribution is 7.22. The molecule has 0 spiro atoms. The van der Waals surface area contributed by atoms with Gasteiger partial charge in [0.25, 0.3) is 5.91 Å². The molecule has 1 aromatic heterocycles. The molecule has 2 aromatic carbocycles. The van der Waals surface area contributed by atoms with Gasteiger partial charge in [-0.3, -0.25) is 9.69 Å². The van der Waals surface area contributed by atoms with Crippen molar-refractivity contribution >= 4 is 32.6 Å². The smallest absolute Gasteiger partial charge is 0.260 e. The molecule has 0 N–H and O–H groups in total. The zero-order chi connectivity index (χ0) is 18.5. The molecule has 6 heteroatoms. The van der Waals surface area contributed by atoms with Crippen molar-refractivity contribution < 1.29 is 9.18 Å². The summed E-state index contributed by atoms with van der Waals surface area (Å²) in [6, 6.07) is 13.6. The van der Waals surface area contributed by atoms with Crippen molar-refractivity contribution in [3.8, 4) is 0 Å². The van der Waals surface area contributed by atoms with E-state index in [0.717, 1.165) is 29.9 Å². The number of hydrogen-bond acceptors (Lipinski definition) is 4. The van der Waals surface area contributed by atoms with Crippen LogP contribution in [0.2, 0.25) is 0 Å². The van der Waals surface area contributed by atoms with Gasteiger partial charge in [0.1, 0.15) is 5.82 Å². The lowest BCUT2D eigenvalue weighted by atomic mass is 10.2. The van der Waals surface area contributed by atoms with Crippen LogP contribution in [0.4, 0.5) is 9.52 Å². The summed E-state index contributed by atoms with van der Waals surface area (Å²) < 4.78 is 14.6. The van der Waals surface area contributed by atoms with E-state index in [9.17, 15) is 9.18 Å². The number of thiazole rings is 1. The first-order valence-electron chi connectivity index (χ1n) is 8.77. The largest absolute Gasteiger partial charge is 0.302 e. The van der Waals surface area contributed by atoms with Gasteiger partial charge >= 0.3 is 0 Å². The third kappa shape index (κ3) is 4.08. The van der Waals surface area contributed by atoms with Crippen molar-refractivity contribution in [1.29, 1.82) is 0 Å². The van der Waals surface area contributed by atoms with E-state index in [0.29, 0.717) is 17.2 Å². The summed E-state index contributed by atoms with van der Waals surface area (Å²) in [5.41, 5.74) is 1.20. The minimum atomic E-state index is -0.413. The zero-order valence-electron chi connectivity index (χ0n) is 15.0. The Labute approximate surface area is 156 Å². The molecule has 0 fully saturated rings. The normalized spacial score (nSPS) is 11.2. The number of hydrogen-bond donors (Lipinski definition) is 0. The lowest BCUT2D eigenvalue weighted by molar-refractivity contribution is 0.0983. The molecule has 3 rings (SSSR count). The van der Waals surface area contributed by atoms with Gasteiger partial charge in [-0.1, -0.05) is 43.4 Å². The third-order valence-electron chi connectivity index (χ3n) is 4.36. The molecule has 0 aliphatic carbocycles. The van der Waals surface area contributed by atoms with Crippen molar-refractivity contribution in [3.05, 3.63) is 59.9 Å². The van der Waals surface area contributed by atoms with Crippen LogP contribution in [0.15, 0.2) is 48.5 Å².